The predicted octanol–water partition coefficient (Wildman–Crippen LogP) is 5.03. The molecule has 0 unspecified atom stereocenters. The number of fused-ring (bicyclic) bond motifs is 1. The molecule has 4 aromatic rings. The fraction of sp³-hybridized carbons (Fsp3) is 0.217. The first kappa shape index (κ1) is 18.1. The van der Waals surface area contributed by atoms with Crippen molar-refractivity contribution in [2.75, 3.05) is 13.7 Å². The number of para-hydroxylation sites is 1. The molecule has 0 fully saturated rings. The summed E-state index contributed by atoms with van der Waals surface area (Å²) in [5.41, 5.74) is 3.48. The van der Waals surface area contributed by atoms with Crippen LogP contribution in [0.1, 0.15) is 16.1 Å². The number of thiophene rings is 1. The van der Waals surface area contributed by atoms with E-state index in [9.17, 15) is 0 Å². The molecule has 5 nitrogen and oxygen atoms in total. The molecular weight excluding hydrogens is 382 g/mol. The molecule has 3 aromatic heterocycles. The van der Waals surface area contributed by atoms with Gasteiger partial charge in [0.05, 0.1) is 19.1 Å². The van der Waals surface area contributed by atoms with Crippen LogP contribution >= 0.6 is 11.3 Å². The van der Waals surface area contributed by atoms with E-state index in [0.717, 1.165) is 48.8 Å². The average Bonchev–Trinajstić information content (AvgIpc) is 3.46. The molecule has 0 atom stereocenters. The zero-order chi connectivity index (χ0) is 19.6. The summed E-state index contributed by atoms with van der Waals surface area (Å²) in [7, 11) is 1.72. The Morgan fingerprint density at radius 1 is 1.14 bits per heavy atom. The van der Waals surface area contributed by atoms with Crippen LogP contribution in [0, 0.1) is 0 Å². The highest BCUT2D eigenvalue weighted by atomic mass is 32.1. The Balaban J connectivity index is 1.30. The molecule has 5 rings (SSSR count). The van der Waals surface area contributed by atoms with Crippen LogP contribution in [-0.2, 0) is 19.5 Å². The molecule has 146 valence electrons. The molecule has 6 heteroatoms. The van der Waals surface area contributed by atoms with Crippen LogP contribution in [-0.4, -0.2) is 28.5 Å². The number of benzene rings is 1. The molecule has 0 saturated carbocycles. The minimum atomic E-state index is 0.668. The van der Waals surface area contributed by atoms with Crippen molar-refractivity contribution in [2.45, 2.75) is 19.5 Å². The van der Waals surface area contributed by atoms with Crippen LogP contribution in [0.2, 0.25) is 0 Å². The zero-order valence-electron chi connectivity index (χ0n) is 16.2. The van der Waals surface area contributed by atoms with Gasteiger partial charge in [-0.3, -0.25) is 4.90 Å². The SMILES string of the molecule is COc1ccccc1-c1ccc(CN2CCc3nc(-c4ccco4)ncc3C2)s1. The Bertz CT molecular complexity index is 1120. The third-order valence-corrected chi connectivity index (χ3v) is 6.27. The van der Waals surface area contributed by atoms with Crippen molar-refractivity contribution < 1.29 is 9.15 Å². The molecule has 1 aromatic carbocycles. The van der Waals surface area contributed by atoms with E-state index >= 15 is 0 Å². The van der Waals surface area contributed by atoms with Crippen LogP contribution in [0.25, 0.3) is 22.0 Å². The van der Waals surface area contributed by atoms with Crippen LogP contribution in [0.5, 0.6) is 5.75 Å². The number of aromatic nitrogens is 2. The Kier molecular flexibility index (Phi) is 4.87. The average molecular weight is 404 g/mol. The normalized spacial score (nSPS) is 14.0. The van der Waals surface area contributed by atoms with Gasteiger partial charge < -0.3 is 9.15 Å². The third-order valence-electron chi connectivity index (χ3n) is 5.17. The van der Waals surface area contributed by atoms with E-state index in [2.05, 4.69) is 34.1 Å². The summed E-state index contributed by atoms with van der Waals surface area (Å²) in [6, 6.07) is 16.3. The summed E-state index contributed by atoms with van der Waals surface area (Å²) >= 11 is 1.83. The van der Waals surface area contributed by atoms with E-state index in [1.165, 1.54) is 15.3 Å². The van der Waals surface area contributed by atoms with Gasteiger partial charge in [0.1, 0.15) is 5.75 Å². The molecule has 0 spiro atoms. The van der Waals surface area contributed by atoms with Gasteiger partial charge in [-0.25, -0.2) is 9.97 Å². The lowest BCUT2D eigenvalue weighted by Gasteiger charge is -2.27. The summed E-state index contributed by atoms with van der Waals surface area (Å²) < 4.78 is 10.9. The summed E-state index contributed by atoms with van der Waals surface area (Å²) in [5, 5.41) is 0. The highest BCUT2D eigenvalue weighted by molar-refractivity contribution is 7.15. The lowest BCUT2D eigenvalue weighted by Crippen LogP contribution is -2.30. The van der Waals surface area contributed by atoms with Gasteiger partial charge in [-0.1, -0.05) is 12.1 Å². The lowest BCUT2D eigenvalue weighted by molar-refractivity contribution is 0.245. The standard InChI is InChI=1S/C23H21N3O2S/c1-27-20-6-3-2-5-18(20)22-9-8-17(29-22)15-26-11-10-19-16(14-26)13-24-23(25-19)21-7-4-12-28-21/h2-9,12-13H,10-11,14-15H2,1H3. The summed E-state index contributed by atoms with van der Waals surface area (Å²) in [4.78, 5) is 14.3. The van der Waals surface area contributed by atoms with Crippen LogP contribution in [0.15, 0.2) is 65.4 Å². The Morgan fingerprint density at radius 2 is 2.07 bits per heavy atom. The molecule has 0 amide bonds. The number of furan rings is 1. The first-order valence-electron chi connectivity index (χ1n) is 9.63. The van der Waals surface area contributed by atoms with Gasteiger partial charge in [-0.2, -0.15) is 0 Å². The number of rotatable bonds is 5. The second kappa shape index (κ2) is 7.81. The summed E-state index contributed by atoms with van der Waals surface area (Å²) in [6.07, 6.45) is 4.53. The number of hydrogen-bond donors (Lipinski definition) is 0. The Morgan fingerprint density at radius 3 is 2.93 bits per heavy atom. The molecule has 0 bridgehead atoms. The Labute approximate surface area is 173 Å². The van der Waals surface area contributed by atoms with Gasteiger partial charge in [0.25, 0.3) is 0 Å². The van der Waals surface area contributed by atoms with Gasteiger partial charge in [0.15, 0.2) is 11.6 Å². The topological polar surface area (TPSA) is 51.4 Å². The molecule has 0 radical (unpaired) electrons. The van der Waals surface area contributed by atoms with Crippen molar-refractivity contribution in [2.24, 2.45) is 0 Å². The van der Waals surface area contributed by atoms with Crippen molar-refractivity contribution in [3.8, 4) is 27.8 Å². The van der Waals surface area contributed by atoms with Gasteiger partial charge in [0.2, 0.25) is 0 Å². The molecule has 1 aliphatic rings. The maximum absolute atomic E-state index is 5.51. The highest BCUT2D eigenvalue weighted by Gasteiger charge is 2.20. The fourth-order valence-electron chi connectivity index (χ4n) is 3.71. The zero-order valence-corrected chi connectivity index (χ0v) is 17.0. The van der Waals surface area contributed by atoms with Crippen molar-refractivity contribution >= 4 is 11.3 Å². The molecule has 4 heterocycles. The predicted molar refractivity (Wildman–Crippen MR) is 114 cm³/mol. The quantitative estimate of drug-likeness (QED) is 0.468. The smallest absolute Gasteiger partial charge is 0.195 e. The maximum atomic E-state index is 5.51. The van der Waals surface area contributed by atoms with E-state index in [1.807, 2.05) is 41.8 Å². The van der Waals surface area contributed by atoms with Gasteiger partial charge >= 0.3 is 0 Å². The molecule has 0 saturated heterocycles. The molecular formula is C23H21N3O2S. The van der Waals surface area contributed by atoms with E-state index in [1.54, 1.807) is 13.4 Å². The van der Waals surface area contributed by atoms with E-state index in [-0.39, 0.29) is 0 Å². The Hall–Kier alpha value is -2.96. The van der Waals surface area contributed by atoms with Gasteiger partial charge in [-0.05, 0) is 36.4 Å². The van der Waals surface area contributed by atoms with E-state index in [0.29, 0.717) is 5.82 Å². The summed E-state index contributed by atoms with van der Waals surface area (Å²) in [6.45, 7) is 2.79. The van der Waals surface area contributed by atoms with Gasteiger partial charge in [0, 0.05) is 53.1 Å². The van der Waals surface area contributed by atoms with Crippen LogP contribution < -0.4 is 4.74 Å². The van der Waals surface area contributed by atoms with Crippen LogP contribution in [0.4, 0.5) is 0 Å². The first-order valence-corrected chi connectivity index (χ1v) is 10.4. The lowest BCUT2D eigenvalue weighted by atomic mass is 10.1. The molecule has 0 aliphatic carbocycles. The van der Waals surface area contributed by atoms with E-state index < -0.39 is 0 Å². The van der Waals surface area contributed by atoms with Crippen molar-refractivity contribution in [1.29, 1.82) is 0 Å². The van der Waals surface area contributed by atoms with Crippen LogP contribution in [0.3, 0.4) is 0 Å². The largest absolute Gasteiger partial charge is 0.496 e. The van der Waals surface area contributed by atoms with Crippen molar-refractivity contribution in [3.63, 3.8) is 0 Å². The van der Waals surface area contributed by atoms with Crippen molar-refractivity contribution in [1.82, 2.24) is 14.9 Å². The number of methoxy groups -OCH3 is 1. The molecule has 1 aliphatic heterocycles. The third kappa shape index (κ3) is 3.69. The number of nitrogens with zero attached hydrogens (tertiary/aromatic N) is 3. The number of ether oxygens (including phenoxy) is 1. The van der Waals surface area contributed by atoms with Crippen molar-refractivity contribution in [3.05, 3.63) is 77.1 Å². The minimum absolute atomic E-state index is 0.668. The van der Waals surface area contributed by atoms with E-state index in [4.69, 9.17) is 14.1 Å². The maximum Gasteiger partial charge on any atom is 0.195 e. The first-order chi connectivity index (χ1) is 14.3. The van der Waals surface area contributed by atoms with Gasteiger partial charge in [-0.15, -0.1) is 11.3 Å². The summed E-state index contributed by atoms with van der Waals surface area (Å²) in [5.74, 6) is 2.30. The molecule has 0 N–H and O–H groups in total. The second-order valence-electron chi connectivity index (χ2n) is 7.07. The molecule has 29 heavy (non-hydrogen) atoms. The second-order valence-corrected chi connectivity index (χ2v) is 8.24. The monoisotopic (exact) mass is 403 g/mol. The number of hydrogen-bond acceptors (Lipinski definition) is 6. The minimum Gasteiger partial charge on any atom is -0.496 e. The fourth-order valence-corrected chi connectivity index (χ4v) is 4.79. The highest BCUT2D eigenvalue weighted by Crippen LogP contribution is 2.35.